The second kappa shape index (κ2) is 10.9. The second-order valence-electron chi connectivity index (χ2n) is 2.81. The van der Waals surface area contributed by atoms with Crippen molar-refractivity contribution in [3.05, 3.63) is 25.3 Å². The normalized spacial score (nSPS) is 10.1. The van der Waals surface area contributed by atoms with Gasteiger partial charge in [0, 0.05) is 12.2 Å². The molecule has 0 saturated heterocycles. The minimum absolute atomic E-state index is 0.833. The molecule has 0 aliphatic rings. The van der Waals surface area contributed by atoms with Crippen LogP contribution in [-0.2, 0) is 9.59 Å². The summed E-state index contributed by atoms with van der Waals surface area (Å²) in [6.07, 6.45) is 1.67. The van der Waals surface area contributed by atoms with Crippen LogP contribution < -0.4 is 0 Å². The maximum atomic E-state index is 11.8. The zero-order valence-electron chi connectivity index (χ0n) is 10.1. The van der Waals surface area contributed by atoms with Gasteiger partial charge in [0.2, 0.25) is 0 Å². The van der Waals surface area contributed by atoms with E-state index in [1.165, 1.54) is 0 Å². The van der Waals surface area contributed by atoms with Gasteiger partial charge in [0.05, 0.1) is 0 Å². The lowest BCUT2D eigenvalue weighted by atomic mass is 10.2. The zero-order chi connectivity index (χ0) is 17.0. The third kappa shape index (κ3) is 12.5. The Labute approximate surface area is 111 Å². The molecular formula is C10H14F4O6. The Kier molecular flexibility index (Phi) is 12.7. The Morgan fingerprint density at radius 2 is 1.00 bits per heavy atom. The van der Waals surface area contributed by atoms with E-state index in [9.17, 15) is 27.2 Å². The van der Waals surface area contributed by atoms with E-state index in [4.69, 9.17) is 20.4 Å². The fraction of sp³-hybridized carbons (Fsp3) is 0.400. The summed E-state index contributed by atoms with van der Waals surface area (Å²) in [5.74, 6) is -11.0. The minimum Gasteiger partial charge on any atom is -0.478 e. The molecule has 6 nitrogen and oxygen atoms in total. The Morgan fingerprint density at radius 3 is 1.05 bits per heavy atom. The standard InChI is InChI=1S/C4H6F4O2.2C3H4O2/c5-3(6,1-9)4(7,8)2-10;2*1-2-3(4)5/h9-10H,1-2H2;2*2H,1H2,(H,4,5). The number of aliphatic carboxylic acids is 2. The molecule has 0 radical (unpaired) electrons. The first-order chi connectivity index (χ1) is 8.91. The number of carboxylic acids is 2. The molecule has 0 aliphatic heterocycles. The van der Waals surface area contributed by atoms with Crippen molar-refractivity contribution in [2.24, 2.45) is 0 Å². The number of carboxylic acid groups (broad SMARTS) is 2. The molecule has 0 spiro atoms. The average Bonchev–Trinajstić information content (AvgIpc) is 2.39. The van der Waals surface area contributed by atoms with E-state index in [1.807, 2.05) is 0 Å². The third-order valence-electron chi connectivity index (χ3n) is 1.28. The molecule has 0 fully saturated rings. The number of carbonyl (C=O) groups is 2. The van der Waals surface area contributed by atoms with Crippen LogP contribution in [0.3, 0.4) is 0 Å². The highest BCUT2D eigenvalue weighted by atomic mass is 19.3. The van der Waals surface area contributed by atoms with Crippen LogP contribution in [0.5, 0.6) is 0 Å². The van der Waals surface area contributed by atoms with Gasteiger partial charge in [-0.15, -0.1) is 0 Å². The number of hydrogen-bond acceptors (Lipinski definition) is 4. The van der Waals surface area contributed by atoms with Crippen molar-refractivity contribution < 1.29 is 47.6 Å². The van der Waals surface area contributed by atoms with Gasteiger partial charge < -0.3 is 20.4 Å². The van der Waals surface area contributed by atoms with Gasteiger partial charge in [-0.1, -0.05) is 13.2 Å². The molecule has 4 N–H and O–H groups in total. The molecule has 0 unspecified atom stereocenters. The third-order valence-corrected chi connectivity index (χ3v) is 1.28. The maximum Gasteiger partial charge on any atom is 0.334 e. The molecule has 0 heterocycles. The smallest absolute Gasteiger partial charge is 0.334 e. The topological polar surface area (TPSA) is 115 Å². The highest BCUT2D eigenvalue weighted by molar-refractivity contribution is 5.79. The van der Waals surface area contributed by atoms with E-state index in [2.05, 4.69) is 13.2 Å². The summed E-state index contributed by atoms with van der Waals surface area (Å²) in [6, 6.07) is 0. The lowest BCUT2D eigenvalue weighted by Crippen LogP contribution is -2.46. The molecule has 0 rings (SSSR count). The van der Waals surface area contributed by atoms with Gasteiger partial charge in [-0.3, -0.25) is 0 Å². The van der Waals surface area contributed by atoms with E-state index < -0.39 is 37.0 Å². The van der Waals surface area contributed by atoms with Crippen LogP contribution >= 0.6 is 0 Å². The van der Waals surface area contributed by atoms with Crippen molar-refractivity contribution in [3.63, 3.8) is 0 Å². The molecule has 0 bridgehead atoms. The van der Waals surface area contributed by atoms with Crippen LogP contribution in [0.2, 0.25) is 0 Å². The molecule has 0 atom stereocenters. The van der Waals surface area contributed by atoms with Crippen molar-refractivity contribution >= 4 is 11.9 Å². The quantitative estimate of drug-likeness (QED) is 0.440. The molecule has 118 valence electrons. The predicted octanol–water partition coefficient (Wildman–Crippen LogP) is 0.756. The van der Waals surface area contributed by atoms with E-state index in [1.54, 1.807) is 0 Å². The zero-order valence-corrected chi connectivity index (χ0v) is 10.1. The van der Waals surface area contributed by atoms with Crippen LogP contribution in [-0.4, -0.2) is 57.4 Å². The highest BCUT2D eigenvalue weighted by Crippen LogP contribution is 2.32. The van der Waals surface area contributed by atoms with Gasteiger partial charge in [0.25, 0.3) is 0 Å². The monoisotopic (exact) mass is 306 g/mol. The Balaban J connectivity index is -0.000000244. The van der Waals surface area contributed by atoms with Gasteiger partial charge in [-0.25, -0.2) is 9.59 Å². The van der Waals surface area contributed by atoms with Crippen LogP contribution in [0.4, 0.5) is 17.6 Å². The predicted molar refractivity (Wildman–Crippen MR) is 59.7 cm³/mol. The number of halogens is 4. The molecule has 10 heteroatoms. The van der Waals surface area contributed by atoms with E-state index in [0.29, 0.717) is 0 Å². The summed E-state index contributed by atoms with van der Waals surface area (Å²) < 4.78 is 47.1. The summed E-state index contributed by atoms with van der Waals surface area (Å²) in [5, 5.41) is 30.6. The van der Waals surface area contributed by atoms with Gasteiger partial charge in [0.1, 0.15) is 13.2 Å². The Morgan fingerprint density at radius 1 is 0.850 bits per heavy atom. The van der Waals surface area contributed by atoms with Gasteiger partial charge in [0.15, 0.2) is 0 Å². The van der Waals surface area contributed by atoms with Gasteiger partial charge in [-0.05, 0) is 0 Å². The van der Waals surface area contributed by atoms with Crippen LogP contribution in [0.1, 0.15) is 0 Å². The summed E-state index contributed by atoms with van der Waals surface area (Å²) >= 11 is 0. The molecule has 0 aromatic heterocycles. The van der Waals surface area contributed by atoms with Crippen molar-refractivity contribution in [2.45, 2.75) is 11.8 Å². The molecule has 0 aromatic rings. The number of hydrogen-bond donors (Lipinski definition) is 4. The Bertz CT molecular complexity index is 298. The minimum atomic E-state index is -4.54. The lowest BCUT2D eigenvalue weighted by molar-refractivity contribution is -0.239. The molecule has 0 saturated carbocycles. The number of aliphatic hydroxyl groups excluding tert-OH is 2. The number of rotatable bonds is 5. The van der Waals surface area contributed by atoms with Crippen molar-refractivity contribution in [3.8, 4) is 0 Å². The first-order valence-electron chi connectivity index (χ1n) is 4.59. The highest BCUT2D eigenvalue weighted by Gasteiger charge is 2.55. The van der Waals surface area contributed by atoms with Crippen LogP contribution in [0, 0.1) is 0 Å². The van der Waals surface area contributed by atoms with Gasteiger partial charge >= 0.3 is 23.8 Å². The molecular weight excluding hydrogens is 292 g/mol. The summed E-state index contributed by atoms with van der Waals surface area (Å²) in [5.41, 5.74) is 0. The van der Waals surface area contributed by atoms with Crippen LogP contribution in [0.25, 0.3) is 0 Å². The molecule has 20 heavy (non-hydrogen) atoms. The summed E-state index contributed by atoms with van der Waals surface area (Å²) in [4.78, 5) is 18.5. The lowest BCUT2D eigenvalue weighted by Gasteiger charge is -2.22. The first kappa shape index (κ1) is 23.2. The first-order valence-corrected chi connectivity index (χ1v) is 4.59. The fourth-order valence-electron chi connectivity index (χ4n) is 0.231. The molecule has 0 aliphatic carbocycles. The Hall–Kier alpha value is -1.94. The number of aliphatic hydroxyl groups is 2. The molecule has 0 amide bonds. The van der Waals surface area contributed by atoms with E-state index in [0.717, 1.165) is 12.2 Å². The van der Waals surface area contributed by atoms with E-state index >= 15 is 0 Å². The van der Waals surface area contributed by atoms with Gasteiger partial charge in [-0.2, -0.15) is 17.6 Å². The fourth-order valence-corrected chi connectivity index (χ4v) is 0.231. The van der Waals surface area contributed by atoms with Crippen molar-refractivity contribution in [1.82, 2.24) is 0 Å². The average molecular weight is 306 g/mol. The second-order valence-corrected chi connectivity index (χ2v) is 2.81. The van der Waals surface area contributed by atoms with Crippen LogP contribution in [0.15, 0.2) is 25.3 Å². The number of alkyl halides is 4. The molecule has 0 aromatic carbocycles. The van der Waals surface area contributed by atoms with Crippen molar-refractivity contribution in [1.29, 1.82) is 0 Å². The van der Waals surface area contributed by atoms with Crippen molar-refractivity contribution in [2.75, 3.05) is 13.2 Å². The van der Waals surface area contributed by atoms with E-state index in [-0.39, 0.29) is 0 Å². The summed E-state index contributed by atoms with van der Waals surface area (Å²) in [7, 11) is 0. The maximum absolute atomic E-state index is 11.8. The summed E-state index contributed by atoms with van der Waals surface area (Å²) in [6.45, 7) is 1.98. The SMILES string of the molecule is C=CC(=O)O.C=CC(=O)O.OCC(F)(F)C(F)(F)CO. The largest absolute Gasteiger partial charge is 0.478 e.